The molecule has 0 aromatic heterocycles. The van der Waals surface area contributed by atoms with Crippen molar-refractivity contribution < 1.29 is 23.8 Å². The summed E-state index contributed by atoms with van der Waals surface area (Å²) in [5, 5.41) is 2.70. The predicted molar refractivity (Wildman–Crippen MR) is 101 cm³/mol. The van der Waals surface area contributed by atoms with Gasteiger partial charge in [0.2, 0.25) is 0 Å². The number of amides is 1. The number of methoxy groups -OCH3 is 2. The number of esters is 1. The van der Waals surface area contributed by atoms with Gasteiger partial charge in [-0.05, 0) is 30.5 Å². The highest BCUT2D eigenvalue weighted by atomic mass is 16.5. The number of hydrogen-bond donors (Lipinski definition) is 1. The van der Waals surface area contributed by atoms with Crippen LogP contribution >= 0.6 is 0 Å². The van der Waals surface area contributed by atoms with Gasteiger partial charge < -0.3 is 19.5 Å². The van der Waals surface area contributed by atoms with E-state index in [0.717, 1.165) is 24.8 Å². The van der Waals surface area contributed by atoms with Gasteiger partial charge in [-0.2, -0.15) is 0 Å². The summed E-state index contributed by atoms with van der Waals surface area (Å²) in [5.74, 6) is 0.321. The zero-order chi connectivity index (χ0) is 19.3. The fourth-order valence-corrected chi connectivity index (χ4v) is 3.28. The van der Waals surface area contributed by atoms with Gasteiger partial charge in [0.15, 0.2) is 18.1 Å². The molecule has 1 aliphatic carbocycles. The van der Waals surface area contributed by atoms with Crippen LogP contribution in [-0.2, 0) is 19.7 Å². The molecule has 2 aromatic carbocycles. The molecule has 27 heavy (non-hydrogen) atoms. The molecule has 1 saturated carbocycles. The molecular weight excluding hydrogens is 346 g/mol. The number of hydrogen-bond acceptors (Lipinski definition) is 5. The molecule has 0 spiro atoms. The normalized spacial score (nSPS) is 14.6. The zero-order valence-corrected chi connectivity index (χ0v) is 15.5. The summed E-state index contributed by atoms with van der Waals surface area (Å²) in [4.78, 5) is 24.8. The van der Waals surface area contributed by atoms with Crippen LogP contribution in [0.2, 0.25) is 0 Å². The van der Waals surface area contributed by atoms with Gasteiger partial charge in [0.25, 0.3) is 5.91 Å². The van der Waals surface area contributed by atoms with E-state index in [-0.39, 0.29) is 12.6 Å². The monoisotopic (exact) mass is 369 g/mol. The van der Waals surface area contributed by atoms with Crippen molar-refractivity contribution in [1.82, 2.24) is 0 Å². The van der Waals surface area contributed by atoms with Crippen LogP contribution < -0.4 is 14.8 Å². The molecule has 142 valence electrons. The van der Waals surface area contributed by atoms with E-state index in [2.05, 4.69) is 5.32 Å². The van der Waals surface area contributed by atoms with E-state index < -0.39 is 11.3 Å². The van der Waals surface area contributed by atoms with Crippen LogP contribution in [0.5, 0.6) is 11.5 Å². The molecule has 1 amide bonds. The van der Waals surface area contributed by atoms with E-state index in [1.807, 2.05) is 30.3 Å². The molecule has 0 atom stereocenters. The molecular formula is C21H23NO5. The topological polar surface area (TPSA) is 73.9 Å². The number of carbonyl (C=O) groups is 2. The first-order chi connectivity index (χ1) is 13.1. The number of anilines is 1. The molecule has 0 heterocycles. The Morgan fingerprint density at radius 1 is 1.00 bits per heavy atom. The number of carbonyl (C=O) groups excluding carboxylic acids is 2. The minimum absolute atomic E-state index is 0.332. The van der Waals surface area contributed by atoms with E-state index in [9.17, 15) is 9.59 Å². The van der Waals surface area contributed by atoms with Crippen LogP contribution in [-0.4, -0.2) is 32.7 Å². The summed E-state index contributed by atoms with van der Waals surface area (Å²) in [6, 6.07) is 14.6. The summed E-state index contributed by atoms with van der Waals surface area (Å²) in [7, 11) is 3.06. The second-order valence-corrected chi connectivity index (χ2v) is 6.50. The van der Waals surface area contributed by atoms with Crippen LogP contribution in [0.3, 0.4) is 0 Å². The smallest absolute Gasteiger partial charge is 0.317 e. The Kier molecular flexibility index (Phi) is 5.64. The molecule has 1 fully saturated rings. The van der Waals surface area contributed by atoms with Gasteiger partial charge in [-0.25, -0.2) is 0 Å². The van der Waals surface area contributed by atoms with Gasteiger partial charge in [0, 0.05) is 11.8 Å². The van der Waals surface area contributed by atoms with Crippen molar-refractivity contribution in [3.05, 3.63) is 54.1 Å². The van der Waals surface area contributed by atoms with Crippen molar-refractivity contribution in [2.75, 3.05) is 26.1 Å². The SMILES string of the molecule is COc1ccc(NC(=O)COC(=O)C2(c3ccccc3)CCC2)cc1OC. The fourth-order valence-electron chi connectivity index (χ4n) is 3.28. The second-order valence-electron chi connectivity index (χ2n) is 6.50. The van der Waals surface area contributed by atoms with Crippen LogP contribution in [0.1, 0.15) is 24.8 Å². The molecule has 0 unspecified atom stereocenters. The molecule has 0 aliphatic heterocycles. The minimum atomic E-state index is -0.620. The minimum Gasteiger partial charge on any atom is -0.493 e. The maximum atomic E-state index is 12.6. The van der Waals surface area contributed by atoms with Gasteiger partial charge in [-0.3, -0.25) is 9.59 Å². The van der Waals surface area contributed by atoms with Crippen LogP contribution in [0, 0.1) is 0 Å². The molecule has 0 radical (unpaired) electrons. The molecule has 2 aromatic rings. The lowest BCUT2D eigenvalue weighted by molar-refractivity contribution is -0.156. The Morgan fingerprint density at radius 3 is 2.30 bits per heavy atom. The quantitative estimate of drug-likeness (QED) is 0.758. The van der Waals surface area contributed by atoms with E-state index in [1.165, 1.54) is 7.11 Å². The van der Waals surface area contributed by atoms with Crippen LogP contribution in [0.15, 0.2) is 48.5 Å². The first-order valence-corrected chi connectivity index (χ1v) is 8.84. The number of rotatable bonds is 7. The highest BCUT2D eigenvalue weighted by molar-refractivity contribution is 5.94. The molecule has 1 aliphatic rings. The molecule has 0 saturated heterocycles. The van der Waals surface area contributed by atoms with E-state index in [4.69, 9.17) is 14.2 Å². The highest BCUT2D eigenvalue weighted by Gasteiger charge is 2.47. The van der Waals surface area contributed by atoms with E-state index >= 15 is 0 Å². The van der Waals surface area contributed by atoms with Crippen molar-refractivity contribution in [1.29, 1.82) is 0 Å². The van der Waals surface area contributed by atoms with Crippen molar-refractivity contribution in [2.45, 2.75) is 24.7 Å². The number of ether oxygens (including phenoxy) is 3. The van der Waals surface area contributed by atoms with Crippen molar-refractivity contribution >= 4 is 17.6 Å². The predicted octanol–water partition coefficient (Wildman–Crippen LogP) is 3.31. The summed E-state index contributed by atoms with van der Waals surface area (Å²) in [6.07, 6.45) is 2.46. The molecule has 6 heteroatoms. The second kappa shape index (κ2) is 8.12. The van der Waals surface area contributed by atoms with Crippen LogP contribution in [0.4, 0.5) is 5.69 Å². The average Bonchev–Trinajstić information content (AvgIpc) is 2.66. The summed E-state index contributed by atoms with van der Waals surface area (Å²) >= 11 is 0. The molecule has 6 nitrogen and oxygen atoms in total. The van der Waals surface area contributed by atoms with Gasteiger partial charge in [0.1, 0.15) is 0 Å². The van der Waals surface area contributed by atoms with Gasteiger partial charge >= 0.3 is 5.97 Å². The Morgan fingerprint density at radius 2 is 1.70 bits per heavy atom. The first kappa shape index (κ1) is 18.8. The third kappa shape index (κ3) is 3.89. The number of nitrogens with one attached hydrogen (secondary N) is 1. The Bertz CT molecular complexity index is 815. The molecule has 1 N–H and O–H groups in total. The number of benzene rings is 2. The third-order valence-corrected chi connectivity index (χ3v) is 4.93. The summed E-state index contributed by atoms with van der Waals surface area (Å²) < 4.78 is 15.7. The van der Waals surface area contributed by atoms with E-state index in [0.29, 0.717) is 17.2 Å². The van der Waals surface area contributed by atoms with Crippen molar-refractivity contribution in [2.24, 2.45) is 0 Å². The Balaban J connectivity index is 1.60. The lowest BCUT2D eigenvalue weighted by Crippen LogP contribution is -2.44. The van der Waals surface area contributed by atoms with E-state index in [1.54, 1.807) is 25.3 Å². The molecule has 3 rings (SSSR count). The fraction of sp³-hybridized carbons (Fsp3) is 0.333. The van der Waals surface area contributed by atoms with Gasteiger partial charge in [0.05, 0.1) is 19.6 Å². The average molecular weight is 369 g/mol. The maximum absolute atomic E-state index is 12.6. The molecule has 0 bridgehead atoms. The lowest BCUT2D eigenvalue weighted by atomic mass is 9.64. The van der Waals surface area contributed by atoms with Crippen molar-refractivity contribution in [3.63, 3.8) is 0 Å². The highest BCUT2D eigenvalue weighted by Crippen LogP contribution is 2.44. The largest absolute Gasteiger partial charge is 0.493 e. The van der Waals surface area contributed by atoms with Gasteiger partial charge in [-0.1, -0.05) is 36.8 Å². The lowest BCUT2D eigenvalue weighted by Gasteiger charge is -2.39. The first-order valence-electron chi connectivity index (χ1n) is 8.84. The standard InChI is InChI=1S/C21H23NO5/c1-25-17-10-9-16(13-18(17)26-2)22-19(23)14-27-20(24)21(11-6-12-21)15-7-4-3-5-8-15/h3-5,7-10,13H,6,11-12,14H2,1-2H3,(H,22,23). The van der Waals surface area contributed by atoms with Gasteiger partial charge in [-0.15, -0.1) is 0 Å². The Labute approximate surface area is 158 Å². The Hall–Kier alpha value is -3.02. The zero-order valence-electron chi connectivity index (χ0n) is 15.5. The summed E-state index contributed by atoms with van der Waals surface area (Å²) in [6.45, 7) is -0.332. The third-order valence-electron chi connectivity index (χ3n) is 4.93. The maximum Gasteiger partial charge on any atom is 0.317 e. The van der Waals surface area contributed by atoms with Crippen LogP contribution in [0.25, 0.3) is 0 Å². The summed E-state index contributed by atoms with van der Waals surface area (Å²) in [5.41, 5.74) is 0.863. The van der Waals surface area contributed by atoms with Crippen molar-refractivity contribution in [3.8, 4) is 11.5 Å².